The number of benzene rings is 1. The summed E-state index contributed by atoms with van der Waals surface area (Å²) >= 11 is 0. The van der Waals surface area contributed by atoms with E-state index in [-0.39, 0.29) is 48.4 Å². The molecule has 138 valence electrons. The van der Waals surface area contributed by atoms with Crippen LogP contribution in [0.1, 0.15) is 24.8 Å². The van der Waals surface area contributed by atoms with Crippen molar-refractivity contribution >= 4 is 42.1 Å². The van der Waals surface area contributed by atoms with Crippen LogP contribution in [-0.4, -0.2) is 26.0 Å². The molecule has 0 aromatic heterocycles. The fourth-order valence-electron chi connectivity index (χ4n) is 2.69. The van der Waals surface area contributed by atoms with Crippen molar-refractivity contribution in [2.45, 2.75) is 31.5 Å². The molecular weight excluding hydrogens is 366 g/mol. The van der Waals surface area contributed by atoms with Gasteiger partial charge >= 0.3 is 6.18 Å². The zero-order valence-electron chi connectivity index (χ0n) is 13.4. The molecule has 0 spiro atoms. The summed E-state index contributed by atoms with van der Waals surface area (Å²) in [7, 11) is 3.42. The number of hydrogen-bond donors (Lipinski definition) is 2. The maximum atomic E-state index is 12.8. The average Bonchev–Trinajstić information content (AvgIpc) is 2.84. The first kappa shape index (κ1) is 22.8. The number of anilines is 2. The van der Waals surface area contributed by atoms with Crippen molar-refractivity contribution in [1.82, 2.24) is 0 Å². The lowest BCUT2D eigenvalue weighted by molar-refractivity contribution is -0.137. The van der Waals surface area contributed by atoms with Crippen LogP contribution in [0.25, 0.3) is 0 Å². The molecule has 9 heteroatoms. The maximum Gasteiger partial charge on any atom is 0.416 e. The lowest BCUT2D eigenvalue weighted by Crippen LogP contribution is -2.24. The average molecular weight is 388 g/mol. The SMILES string of the molecule is CN(C)c1ccc(C(F)(F)F)cc1NC(=O)C1CCC(N)C1.Cl.Cl. The molecule has 2 unspecified atom stereocenters. The fraction of sp³-hybridized carbons (Fsp3) is 0.533. The Labute approximate surface area is 151 Å². The number of amides is 1. The van der Waals surface area contributed by atoms with Crippen molar-refractivity contribution in [2.24, 2.45) is 11.7 Å². The Morgan fingerprint density at radius 3 is 2.33 bits per heavy atom. The van der Waals surface area contributed by atoms with E-state index in [4.69, 9.17) is 5.73 Å². The Bertz CT molecular complexity index is 567. The van der Waals surface area contributed by atoms with Gasteiger partial charge in [-0.2, -0.15) is 13.2 Å². The Hall–Kier alpha value is -1.18. The molecule has 0 aliphatic heterocycles. The summed E-state index contributed by atoms with van der Waals surface area (Å²) in [5.41, 5.74) is 5.70. The van der Waals surface area contributed by atoms with Gasteiger partial charge in [-0.25, -0.2) is 0 Å². The molecular formula is C15H22Cl2F3N3O. The van der Waals surface area contributed by atoms with Gasteiger partial charge in [-0.15, -0.1) is 24.8 Å². The summed E-state index contributed by atoms with van der Waals surface area (Å²) in [6, 6.07) is 3.34. The normalized spacial score (nSPS) is 19.9. The van der Waals surface area contributed by atoms with Crippen molar-refractivity contribution < 1.29 is 18.0 Å². The van der Waals surface area contributed by atoms with E-state index in [1.807, 2.05) is 0 Å². The summed E-state index contributed by atoms with van der Waals surface area (Å²) < 4.78 is 38.5. The number of carbonyl (C=O) groups is 1. The van der Waals surface area contributed by atoms with E-state index in [0.717, 1.165) is 18.6 Å². The van der Waals surface area contributed by atoms with Gasteiger partial charge in [0.1, 0.15) is 0 Å². The monoisotopic (exact) mass is 387 g/mol. The molecule has 1 saturated carbocycles. The summed E-state index contributed by atoms with van der Waals surface area (Å²) in [6.07, 6.45) is -2.44. The minimum Gasteiger partial charge on any atom is -0.376 e. The van der Waals surface area contributed by atoms with E-state index in [1.165, 1.54) is 6.07 Å². The molecule has 1 aliphatic rings. The molecule has 1 aliphatic carbocycles. The number of hydrogen-bond acceptors (Lipinski definition) is 3. The number of nitrogens with zero attached hydrogens (tertiary/aromatic N) is 1. The molecule has 2 rings (SSSR count). The number of halogens is 5. The maximum absolute atomic E-state index is 12.8. The first-order valence-electron chi connectivity index (χ1n) is 7.13. The minimum atomic E-state index is -4.44. The smallest absolute Gasteiger partial charge is 0.376 e. The number of nitrogens with one attached hydrogen (secondary N) is 1. The molecule has 1 fully saturated rings. The molecule has 2 atom stereocenters. The second-order valence-corrected chi connectivity index (χ2v) is 5.88. The van der Waals surface area contributed by atoms with Gasteiger partial charge in [0.15, 0.2) is 0 Å². The Morgan fingerprint density at radius 2 is 1.88 bits per heavy atom. The second-order valence-electron chi connectivity index (χ2n) is 5.88. The number of rotatable bonds is 3. The van der Waals surface area contributed by atoms with Crippen molar-refractivity contribution in [3.8, 4) is 0 Å². The summed E-state index contributed by atoms with van der Waals surface area (Å²) in [6.45, 7) is 0. The highest BCUT2D eigenvalue weighted by molar-refractivity contribution is 5.96. The molecule has 1 aromatic carbocycles. The molecule has 1 aromatic rings. The predicted octanol–water partition coefficient (Wildman–Crippen LogP) is 3.68. The summed E-state index contributed by atoms with van der Waals surface area (Å²) in [4.78, 5) is 13.9. The van der Waals surface area contributed by atoms with E-state index in [0.29, 0.717) is 18.5 Å². The molecule has 0 heterocycles. The Morgan fingerprint density at radius 1 is 1.25 bits per heavy atom. The van der Waals surface area contributed by atoms with Crippen LogP contribution in [0.2, 0.25) is 0 Å². The van der Waals surface area contributed by atoms with Crippen LogP contribution in [0.5, 0.6) is 0 Å². The topological polar surface area (TPSA) is 58.4 Å². The third kappa shape index (κ3) is 5.43. The second kappa shape index (κ2) is 8.78. The Balaban J connectivity index is 0.00000264. The quantitative estimate of drug-likeness (QED) is 0.831. The zero-order valence-corrected chi connectivity index (χ0v) is 15.0. The lowest BCUT2D eigenvalue weighted by atomic mass is 10.1. The van der Waals surface area contributed by atoms with Gasteiger partial charge in [0.2, 0.25) is 5.91 Å². The number of carbonyl (C=O) groups excluding carboxylic acids is 1. The van der Waals surface area contributed by atoms with Crippen LogP contribution >= 0.6 is 24.8 Å². The third-order valence-electron chi connectivity index (χ3n) is 3.91. The van der Waals surface area contributed by atoms with Gasteiger partial charge in [-0.1, -0.05) is 0 Å². The molecule has 24 heavy (non-hydrogen) atoms. The van der Waals surface area contributed by atoms with Crippen LogP contribution in [-0.2, 0) is 11.0 Å². The van der Waals surface area contributed by atoms with Gasteiger partial charge in [-0.05, 0) is 37.5 Å². The van der Waals surface area contributed by atoms with Crippen LogP contribution in [0.4, 0.5) is 24.5 Å². The van der Waals surface area contributed by atoms with Gasteiger partial charge in [0.05, 0.1) is 16.9 Å². The first-order valence-corrected chi connectivity index (χ1v) is 7.13. The third-order valence-corrected chi connectivity index (χ3v) is 3.91. The van der Waals surface area contributed by atoms with E-state index >= 15 is 0 Å². The highest BCUT2D eigenvalue weighted by Crippen LogP contribution is 2.35. The van der Waals surface area contributed by atoms with Crippen LogP contribution in [0, 0.1) is 5.92 Å². The summed E-state index contributed by atoms with van der Waals surface area (Å²) in [5.74, 6) is -0.505. The zero-order chi connectivity index (χ0) is 16.5. The largest absolute Gasteiger partial charge is 0.416 e. The fourth-order valence-corrected chi connectivity index (χ4v) is 2.69. The molecule has 3 N–H and O–H groups in total. The predicted molar refractivity (Wildman–Crippen MR) is 94.2 cm³/mol. The van der Waals surface area contributed by atoms with E-state index < -0.39 is 11.7 Å². The standard InChI is InChI=1S/C15H20F3N3O.2ClH/c1-21(2)13-6-4-10(15(16,17)18)8-12(13)20-14(22)9-3-5-11(19)7-9;;/h4,6,8-9,11H,3,5,7,19H2,1-2H3,(H,20,22);2*1H. The van der Waals surface area contributed by atoms with Gasteiger partial charge < -0.3 is 16.0 Å². The number of nitrogens with two attached hydrogens (primary N) is 1. The molecule has 1 amide bonds. The van der Waals surface area contributed by atoms with Crippen LogP contribution in [0.15, 0.2) is 18.2 Å². The van der Waals surface area contributed by atoms with E-state index in [9.17, 15) is 18.0 Å². The van der Waals surface area contributed by atoms with Crippen molar-refractivity contribution in [3.05, 3.63) is 23.8 Å². The molecule has 4 nitrogen and oxygen atoms in total. The first-order chi connectivity index (χ1) is 10.2. The molecule has 0 bridgehead atoms. The summed E-state index contributed by atoms with van der Waals surface area (Å²) in [5, 5.41) is 2.63. The van der Waals surface area contributed by atoms with Crippen molar-refractivity contribution in [1.29, 1.82) is 0 Å². The Kier molecular flexibility index (Phi) is 8.35. The van der Waals surface area contributed by atoms with Crippen LogP contribution in [0.3, 0.4) is 0 Å². The van der Waals surface area contributed by atoms with Gasteiger partial charge in [-0.3, -0.25) is 4.79 Å². The van der Waals surface area contributed by atoms with Gasteiger partial charge in [0.25, 0.3) is 0 Å². The highest BCUT2D eigenvalue weighted by atomic mass is 35.5. The minimum absolute atomic E-state index is 0. The molecule has 0 saturated heterocycles. The van der Waals surface area contributed by atoms with Crippen molar-refractivity contribution in [3.63, 3.8) is 0 Å². The van der Waals surface area contributed by atoms with Crippen LogP contribution < -0.4 is 16.0 Å². The van der Waals surface area contributed by atoms with E-state index in [1.54, 1.807) is 19.0 Å². The number of alkyl halides is 3. The lowest BCUT2D eigenvalue weighted by Gasteiger charge is -2.21. The highest BCUT2D eigenvalue weighted by Gasteiger charge is 2.32. The van der Waals surface area contributed by atoms with E-state index in [2.05, 4.69) is 5.32 Å². The van der Waals surface area contributed by atoms with Gasteiger partial charge in [0, 0.05) is 26.1 Å². The van der Waals surface area contributed by atoms with Crippen molar-refractivity contribution in [2.75, 3.05) is 24.3 Å². The molecule has 0 radical (unpaired) electrons.